The lowest BCUT2D eigenvalue weighted by Crippen LogP contribution is -2.37. The third kappa shape index (κ3) is 6.63. The van der Waals surface area contributed by atoms with Crippen LogP contribution in [0.2, 0.25) is 0 Å². The highest BCUT2D eigenvalue weighted by molar-refractivity contribution is 14.0. The number of guanidine groups is 1. The Balaban J connectivity index is 0.00000312. The zero-order valence-electron chi connectivity index (χ0n) is 14.5. The third-order valence-corrected chi connectivity index (χ3v) is 3.65. The molecule has 0 spiro atoms. The highest BCUT2D eigenvalue weighted by Crippen LogP contribution is 2.17. The van der Waals surface area contributed by atoms with Gasteiger partial charge in [-0.3, -0.25) is 4.99 Å². The van der Waals surface area contributed by atoms with Gasteiger partial charge in [-0.15, -0.1) is 24.0 Å². The summed E-state index contributed by atoms with van der Waals surface area (Å²) in [5.74, 6) is 1.65. The quantitative estimate of drug-likeness (QED) is 0.403. The Labute approximate surface area is 166 Å². The van der Waals surface area contributed by atoms with Crippen LogP contribution in [0.4, 0.5) is 0 Å². The third-order valence-electron chi connectivity index (χ3n) is 3.65. The van der Waals surface area contributed by atoms with Gasteiger partial charge in [0.05, 0.1) is 18.7 Å². The second-order valence-electron chi connectivity index (χ2n) is 5.22. The number of nitrogens with zero attached hydrogens (tertiary/aromatic N) is 2. The van der Waals surface area contributed by atoms with Crippen LogP contribution in [0.15, 0.2) is 53.5 Å². The molecule has 0 saturated heterocycles. The molecule has 25 heavy (non-hydrogen) atoms. The van der Waals surface area contributed by atoms with E-state index in [2.05, 4.69) is 27.8 Å². The molecular formula is C19H23IN4O. The molecule has 0 heterocycles. The molecule has 0 aliphatic carbocycles. The second-order valence-corrected chi connectivity index (χ2v) is 5.22. The second kappa shape index (κ2) is 11.3. The summed E-state index contributed by atoms with van der Waals surface area (Å²) in [4.78, 5) is 4.22. The molecule has 0 fully saturated rings. The average molecular weight is 450 g/mol. The lowest BCUT2D eigenvalue weighted by Gasteiger charge is -2.13. The number of nitrogens with one attached hydrogen (secondary N) is 2. The molecule has 0 unspecified atom stereocenters. The number of para-hydroxylation sites is 1. The SMILES string of the molecule is CN=C(NCCc1ccccc1OC)NCc1ccc(C#N)cc1.I. The zero-order chi connectivity index (χ0) is 17.2. The van der Waals surface area contributed by atoms with Gasteiger partial charge in [-0.1, -0.05) is 30.3 Å². The Morgan fingerprint density at radius 3 is 2.48 bits per heavy atom. The summed E-state index contributed by atoms with van der Waals surface area (Å²) in [7, 11) is 3.43. The Bertz CT molecular complexity index is 723. The number of hydrogen-bond donors (Lipinski definition) is 2. The molecule has 5 nitrogen and oxygen atoms in total. The van der Waals surface area contributed by atoms with Crippen molar-refractivity contribution in [2.24, 2.45) is 4.99 Å². The van der Waals surface area contributed by atoms with Gasteiger partial charge in [0.15, 0.2) is 5.96 Å². The minimum atomic E-state index is 0. The molecule has 0 amide bonds. The molecule has 2 aromatic rings. The maximum Gasteiger partial charge on any atom is 0.191 e. The number of methoxy groups -OCH3 is 1. The van der Waals surface area contributed by atoms with Crippen molar-refractivity contribution < 1.29 is 4.74 Å². The van der Waals surface area contributed by atoms with Gasteiger partial charge in [-0.25, -0.2) is 0 Å². The summed E-state index contributed by atoms with van der Waals surface area (Å²) in [6, 6.07) is 17.6. The molecule has 0 radical (unpaired) electrons. The minimum absolute atomic E-state index is 0. The fraction of sp³-hybridized carbons (Fsp3) is 0.263. The van der Waals surface area contributed by atoms with Crippen molar-refractivity contribution >= 4 is 29.9 Å². The predicted molar refractivity (Wildman–Crippen MR) is 111 cm³/mol. The van der Waals surface area contributed by atoms with Crippen LogP contribution >= 0.6 is 24.0 Å². The molecule has 2 N–H and O–H groups in total. The molecule has 2 aromatic carbocycles. The summed E-state index contributed by atoms with van der Waals surface area (Å²) in [5, 5.41) is 15.4. The first kappa shape index (κ1) is 20.8. The van der Waals surface area contributed by atoms with Gasteiger partial charge in [-0.2, -0.15) is 5.26 Å². The maximum absolute atomic E-state index is 8.81. The van der Waals surface area contributed by atoms with Crippen molar-refractivity contribution in [1.29, 1.82) is 5.26 Å². The van der Waals surface area contributed by atoms with Gasteiger partial charge in [0.1, 0.15) is 5.75 Å². The monoisotopic (exact) mass is 450 g/mol. The number of benzene rings is 2. The van der Waals surface area contributed by atoms with Crippen LogP contribution in [-0.4, -0.2) is 26.7 Å². The van der Waals surface area contributed by atoms with Crippen molar-refractivity contribution in [2.75, 3.05) is 20.7 Å². The average Bonchev–Trinajstić information content (AvgIpc) is 2.65. The summed E-state index contributed by atoms with van der Waals surface area (Å²) in [6.45, 7) is 1.41. The van der Waals surface area contributed by atoms with Crippen molar-refractivity contribution in [1.82, 2.24) is 10.6 Å². The largest absolute Gasteiger partial charge is 0.496 e. The maximum atomic E-state index is 8.81. The molecule has 0 aliphatic rings. The zero-order valence-corrected chi connectivity index (χ0v) is 16.8. The van der Waals surface area contributed by atoms with Crippen LogP contribution in [0.1, 0.15) is 16.7 Å². The minimum Gasteiger partial charge on any atom is -0.496 e. The van der Waals surface area contributed by atoms with E-state index in [4.69, 9.17) is 10.00 Å². The number of rotatable bonds is 6. The van der Waals surface area contributed by atoms with Crippen molar-refractivity contribution in [3.63, 3.8) is 0 Å². The number of hydrogen-bond acceptors (Lipinski definition) is 3. The fourth-order valence-corrected chi connectivity index (χ4v) is 2.33. The Morgan fingerprint density at radius 2 is 1.84 bits per heavy atom. The molecule has 0 atom stereocenters. The van der Waals surface area contributed by atoms with Crippen molar-refractivity contribution in [2.45, 2.75) is 13.0 Å². The Kier molecular flexibility index (Phi) is 9.40. The van der Waals surface area contributed by atoms with E-state index in [0.29, 0.717) is 12.1 Å². The first-order valence-electron chi connectivity index (χ1n) is 7.82. The molecule has 6 heteroatoms. The predicted octanol–water partition coefficient (Wildman–Crippen LogP) is 3.09. The number of halogens is 1. The van der Waals surface area contributed by atoms with E-state index in [0.717, 1.165) is 35.8 Å². The van der Waals surface area contributed by atoms with E-state index in [-0.39, 0.29) is 24.0 Å². The molecule has 0 bridgehead atoms. The lowest BCUT2D eigenvalue weighted by atomic mass is 10.1. The Hall–Kier alpha value is -2.27. The fourth-order valence-electron chi connectivity index (χ4n) is 2.33. The van der Waals surface area contributed by atoms with Crippen LogP contribution < -0.4 is 15.4 Å². The topological polar surface area (TPSA) is 69.4 Å². The molecule has 0 aliphatic heterocycles. The number of ether oxygens (including phenoxy) is 1. The lowest BCUT2D eigenvalue weighted by molar-refractivity contribution is 0.409. The summed E-state index contributed by atoms with van der Waals surface area (Å²) >= 11 is 0. The van der Waals surface area contributed by atoms with Crippen molar-refractivity contribution in [3.8, 4) is 11.8 Å². The van der Waals surface area contributed by atoms with Gasteiger partial charge >= 0.3 is 0 Å². The summed E-state index contributed by atoms with van der Waals surface area (Å²) < 4.78 is 5.36. The molecule has 0 saturated carbocycles. The highest BCUT2D eigenvalue weighted by Gasteiger charge is 2.03. The smallest absolute Gasteiger partial charge is 0.191 e. The first-order chi connectivity index (χ1) is 11.8. The molecule has 132 valence electrons. The van der Waals surface area contributed by atoms with E-state index in [9.17, 15) is 0 Å². The van der Waals surface area contributed by atoms with E-state index < -0.39 is 0 Å². The van der Waals surface area contributed by atoms with Gasteiger partial charge in [0, 0.05) is 20.1 Å². The van der Waals surface area contributed by atoms with E-state index in [1.807, 2.05) is 42.5 Å². The number of aliphatic imine (C=N–C) groups is 1. The normalized spacial score (nSPS) is 10.4. The van der Waals surface area contributed by atoms with Crippen LogP contribution in [0, 0.1) is 11.3 Å². The van der Waals surface area contributed by atoms with Crippen LogP contribution in [0.5, 0.6) is 5.75 Å². The molecular weight excluding hydrogens is 427 g/mol. The summed E-state index contributed by atoms with van der Waals surface area (Å²) in [6.07, 6.45) is 0.849. The van der Waals surface area contributed by atoms with E-state index in [1.165, 1.54) is 0 Å². The van der Waals surface area contributed by atoms with Gasteiger partial charge in [0.25, 0.3) is 0 Å². The highest BCUT2D eigenvalue weighted by atomic mass is 127. The summed E-state index contributed by atoms with van der Waals surface area (Å²) in [5.41, 5.74) is 2.93. The standard InChI is InChI=1S/C19H22N4O.HI/c1-21-19(23-14-16-9-7-15(13-20)8-10-16)22-12-11-17-5-3-4-6-18(17)24-2;/h3-10H,11-12,14H2,1-2H3,(H2,21,22,23);1H. The molecule has 0 aromatic heterocycles. The Morgan fingerprint density at radius 1 is 1.12 bits per heavy atom. The number of nitriles is 1. The van der Waals surface area contributed by atoms with Crippen LogP contribution in [0.25, 0.3) is 0 Å². The molecule has 2 rings (SSSR count). The van der Waals surface area contributed by atoms with Gasteiger partial charge < -0.3 is 15.4 Å². The van der Waals surface area contributed by atoms with E-state index in [1.54, 1.807) is 14.2 Å². The first-order valence-corrected chi connectivity index (χ1v) is 7.82. The van der Waals surface area contributed by atoms with Gasteiger partial charge in [-0.05, 0) is 35.7 Å². The van der Waals surface area contributed by atoms with Crippen molar-refractivity contribution in [3.05, 3.63) is 65.2 Å². The van der Waals surface area contributed by atoms with Gasteiger partial charge in [0.2, 0.25) is 0 Å². The van der Waals surface area contributed by atoms with E-state index >= 15 is 0 Å². The van der Waals surface area contributed by atoms with Crippen LogP contribution in [-0.2, 0) is 13.0 Å². The van der Waals surface area contributed by atoms with Crippen LogP contribution in [0.3, 0.4) is 0 Å².